The molecule has 1 heterocycles. The van der Waals surface area contributed by atoms with E-state index in [2.05, 4.69) is 31.0 Å². The van der Waals surface area contributed by atoms with Crippen LogP contribution in [-0.2, 0) is 9.59 Å². The third-order valence-electron chi connectivity index (χ3n) is 3.30. The van der Waals surface area contributed by atoms with Crippen LogP contribution in [-0.4, -0.2) is 53.4 Å². The van der Waals surface area contributed by atoms with Crippen LogP contribution in [0, 0.1) is 5.92 Å². The molecule has 6 heteroatoms. The number of amides is 2. The molecule has 0 bridgehead atoms. The van der Waals surface area contributed by atoms with Gasteiger partial charge in [-0.3, -0.25) is 14.5 Å². The monoisotopic (exact) mass is 287 g/mol. The first-order valence-electron chi connectivity index (χ1n) is 6.67. The van der Waals surface area contributed by atoms with Gasteiger partial charge in [-0.05, 0) is 39.7 Å². The minimum absolute atomic E-state index is 0.0135. The first-order chi connectivity index (χ1) is 8.79. The second-order valence-corrected chi connectivity index (χ2v) is 7.02. The Morgan fingerprint density at radius 3 is 2.58 bits per heavy atom. The minimum atomic E-state index is -0.380. The van der Waals surface area contributed by atoms with Gasteiger partial charge in [-0.25, -0.2) is 0 Å². The molecule has 1 saturated heterocycles. The van der Waals surface area contributed by atoms with Gasteiger partial charge in [0.05, 0.1) is 11.5 Å². The van der Waals surface area contributed by atoms with Gasteiger partial charge < -0.3 is 11.1 Å². The second kappa shape index (κ2) is 7.14. The van der Waals surface area contributed by atoms with Crippen LogP contribution < -0.4 is 11.1 Å². The molecule has 0 aromatic carbocycles. The molecule has 0 aliphatic carbocycles. The lowest BCUT2D eigenvalue weighted by Crippen LogP contribution is -2.40. The fraction of sp³-hybridized carbons (Fsp3) is 0.846. The predicted molar refractivity (Wildman–Crippen MR) is 79.0 cm³/mol. The van der Waals surface area contributed by atoms with Gasteiger partial charge >= 0.3 is 0 Å². The fourth-order valence-corrected chi connectivity index (χ4v) is 2.75. The van der Waals surface area contributed by atoms with Gasteiger partial charge in [0.1, 0.15) is 0 Å². The van der Waals surface area contributed by atoms with E-state index >= 15 is 0 Å². The number of likely N-dealkylation sites (tertiary alicyclic amines) is 1. The summed E-state index contributed by atoms with van der Waals surface area (Å²) >= 11 is 1.26. The first kappa shape index (κ1) is 16.3. The number of hydrogen-bond donors (Lipinski definition) is 2. The second-order valence-electron chi connectivity index (χ2n) is 6.03. The summed E-state index contributed by atoms with van der Waals surface area (Å²) in [6.45, 7) is 9.51. The number of nitrogens with zero attached hydrogens (tertiary/aromatic N) is 1. The molecule has 0 radical (unpaired) electrons. The number of carbonyl (C=O) groups excluding carboxylic acids is 2. The molecule has 1 atom stereocenters. The van der Waals surface area contributed by atoms with E-state index < -0.39 is 0 Å². The average molecular weight is 287 g/mol. The Morgan fingerprint density at radius 1 is 1.37 bits per heavy atom. The molecule has 0 aromatic rings. The van der Waals surface area contributed by atoms with Gasteiger partial charge in [0, 0.05) is 18.6 Å². The van der Waals surface area contributed by atoms with E-state index in [1.54, 1.807) is 0 Å². The van der Waals surface area contributed by atoms with Crippen LogP contribution >= 0.6 is 11.8 Å². The van der Waals surface area contributed by atoms with E-state index in [1.807, 2.05) is 0 Å². The molecule has 1 rings (SSSR count). The molecule has 5 nitrogen and oxygen atoms in total. The molecular formula is C13H25N3O2S. The van der Waals surface area contributed by atoms with Crippen molar-refractivity contribution < 1.29 is 9.59 Å². The normalized spacial score (nSPS) is 20.5. The summed E-state index contributed by atoms with van der Waals surface area (Å²) in [7, 11) is 0. The number of primary amides is 1. The zero-order valence-electron chi connectivity index (χ0n) is 12.1. The largest absolute Gasteiger partial charge is 0.369 e. The summed E-state index contributed by atoms with van der Waals surface area (Å²) < 4.78 is 0. The Labute approximate surface area is 119 Å². The lowest BCUT2D eigenvalue weighted by molar-refractivity contribution is -0.118. The van der Waals surface area contributed by atoms with E-state index in [1.165, 1.54) is 11.8 Å². The molecule has 0 aromatic heterocycles. The van der Waals surface area contributed by atoms with Crippen LogP contribution in [0.2, 0.25) is 0 Å². The Balaban J connectivity index is 2.16. The molecule has 0 unspecified atom stereocenters. The predicted octanol–water partition coefficient (Wildman–Crippen LogP) is 0.442. The van der Waals surface area contributed by atoms with Crippen LogP contribution in [0.4, 0.5) is 0 Å². The van der Waals surface area contributed by atoms with Crippen molar-refractivity contribution >= 4 is 23.6 Å². The molecule has 110 valence electrons. The smallest absolute Gasteiger partial charge is 0.230 e. The fourth-order valence-electron chi connectivity index (χ4n) is 2.16. The average Bonchev–Trinajstić information content (AvgIpc) is 2.74. The van der Waals surface area contributed by atoms with Crippen molar-refractivity contribution in [2.24, 2.45) is 11.7 Å². The summed E-state index contributed by atoms with van der Waals surface area (Å²) in [6, 6.07) is 0. The quantitative estimate of drug-likeness (QED) is 0.743. The van der Waals surface area contributed by atoms with Crippen molar-refractivity contribution in [3.05, 3.63) is 0 Å². The zero-order chi connectivity index (χ0) is 14.5. The first-order valence-corrected chi connectivity index (χ1v) is 7.82. The molecule has 0 spiro atoms. The molecule has 1 aliphatic heterocycles. The lowest BCUT2D eigenvalue weighted by Gasteiger charge is -2.31. The summed E-state index contributed by atoms with van der Waals surface area (Å²) in [5.74, 6) is 0.645. The van der Waals surface area contributed by atoms with Crippen LogP contribution in [0.15, 0.2) is 0 Å². The van der Waals surface area contributed by atoms with Gasteiger partial charge in [0.15, 0.2) is 0 Å². The minimum Gasteiger partial charge on any atom is -0.369 e. The van der Waals surface area contributed by atoms with Gasteiger partial charge in [-0.1, -0.05) is 0 Å². The highest BCUT2D eigenvalue weighted by Crippen LogP contribution is 2.23. The van der Waals surface area contributed by atoms with Gasteiger partial charge in [-0.2, -0.15) is 0 Å². The molecular weight excluding hydrogens is 262 g/mol. The summed E-state index contributed by atoms with van der Waals surface area (Å²) in [5.41, 5.74) is 5.22. The van der Waals surface area contributed by atoms with E-state index in [4.69, 9.17) is 5.73 Å². The number of nitrogens with one attached hydrogen (secondary N) is 1. The third-order valence-corrected chi connectivity index (χ3v) is 4.25. The summed E-state index contributed by atoms with van der Waals surface area (Å²) in [4.78, 5) is 24.6. The Bertz CT molecular complexity index is 328. The maximum absolute atomic E-state index is 11.6. The van der Waals surface area contributed by atoms with Crippen molar-refractivity contribution in [2.45, 2.75) is 32.7 Å². The number of hydrogen-bond acceptors (Lipinski definition) is 4. The molecule has 19 heavy (non-hydrogen) atoms. The molecule has 1 aliphatic rings. The highest BCUT2D eigenvalue weighted by Gasteiger charge is 2.30. The van der Waals surface area contributed by atoms with Crippen molar-refractivity contribution in [3.63, 3.8) is 0 Å². The molecule has 2 amide bonds. The van der Waals surface area contributed by atoms with E-state index in [-0.39, 0.29) is 23.1 Å². The maximum Gasteiger partial charge on any atom is 0.230 e. The third kappa shape index (κ3) is 6.29. The molecule has 3 N–H and O–H groups in total. The standard InChI is InChI=1S/C13H25N3O2S/c1-13(2,3)16-5-4-10(7-16)6-15-12(18)9-19-8-11(14)17/h10H,4-9H2,1-3H3,(H2,14,17)(H,15,18)/t10-/m1/s1. The molecule has 0 saturated carbocycles. The van der Waals surface area contributed by atoms with Crippen LogP contribution in [0.3, 0.4) is 0 Å². The van der Waals surface area contributed by atoms with Crippen molar-refractivity contribution in [2.75, 3.05) is 31.1 Å². The van der Waals surface area contributed by atoms with Crippen LogP contribution in [0.25, 0.3) is 0 Å². The summed E-state index contributed by atoms with van der Waals surface area (Å²) in [6.07, 6.45) is 1.13. The van der Waals surface area contributed by atoms with Crippen molar-refractivity contribution in [1.82, 2.24) is 10.2 Å². The van der Waals surface area contributed by atoms with Crippen molar-refractivity contribution in [1.29, 1.82) is 0 Å². The Kier molecular flexibility index (Phi) is 6.13. The Morgan fingerprint density at radius 2 is 2.05 bits per heavy atom. The van der Waals surface area contributed by atoms with E-state index in [9.17, 15) is 9.59 Å². The number of carbonyl (C=O) groups is 2. The Hall–Kier alpha value is -0.750. The van der Waals surface area contributed by atoms with Crippen LogP contribution in [0.1, 0.15) is 27.2 Å². The SMILES string of the molecule is CC(C)(C)N1CC[C@H](CNC(=O)CSCC(N)=O)C1. The van der Waals surface area contributed by atoms with E-state index in [0.29, 0.717) is 11.7 Å². The van der Waals surface area contributed by atoms with Crippen LogP contribution in [0.5, 0.6) is 0 Å². The van der Waals surface area contributed by atoms with Gasteiger partial charge in [0.2, 0.25) is 11.8 Å². The number of thioether (sulfide) groups is 1. The lowest BCUT2D eigenvalue weighted by atomic mass is 10.1. The topological polar surface area (TPSA) is 75.4 Å². The van der Waals surface area contributed by atoms with Gasteiger partial charge in [-0.15, -0.1) is 11.8 Å². The number of rotatable bonds is 6. The maximum atomic E-state index is 11.6. The molecule has 1 fully saturated rings. The highest BCUT2D eigenvalue weighted by atomic mass is 32.2. The highest BCUT2D eigenvalue weighted by molar-refractivity contribution is 8.00. The summed E-state index contributed by atoms with van der Waals surface area (Å²) in [5, 5.41) is 2.93. The zero-order valence-corrected chi connectivity index (χ0v) is 12.9. The number of nitrogens with two attached hydrogens (primary N) is 1. The van der Waals surface area contributed by atoms with E-state index in [0.717, 1.165) is 26.1 Å². The van der Waals surface area contributed by atoms with Crippen molar-refractivity contribution in [3.8, 4) is 0 Å². The van der Waals surface area contributed by atoms with Gasteiger partial charge in [0.25, 0.3) is 0 Å².